The molecule has 0 spiro atoms. The molecule has 31 heavy (non-hydrogen) atoms. The van der Waals surface area contributed by atoms with E-state index in [-0.39, 0.29) is 16.7 Å². The number of aromatic amines is 1. The first kappa shape index (κ1) is 21.5. The van der Waals surface area contributed by atoms with Gasteiger partial charge in [0.1, 0.15) is 0 Å². The van der Waals surface area contributed by atoms with Crippen molar-refractivity contribution < 1.29 is 9.53 Å². The largest absolute Gasteiger partial charge is 0.497 e. The standard InChI is InChI=1S/C27H34N2O2/c1-8-19(15-21-17(2)31-16-26(21,6)7)27(11-12-27)24(30)28-20-9-10-22-18(13-20)14-23(29-22)25(3,4)5/h8-10,13-15,29H,1,11-12,16H2,2-7H3,(H,28,30)/b19-15+. The molecule has 1 aromatic carbocycles. The molecule has 164 valence electrons. The molecular weight excluding hydrogens is 384 g/mol. The molecule has 2 heterocycles. The monoisotopic (exact) mass is 418 g/mol. The zero-order valence-electron chi connectivity index (χ0n) is 19.6. The highest BCUT2D eigenvalue weighted by atomic mass is 16.5. The minimum atomic E-state index is -0.503. The third-order valence-electron chi connectivity index (χ3n) is 6.70. The summed E-state index contributed by atoms with van der Waals surface area (Å²) in [7, 11) is 0. The number of fused-ring (bicyclic) bond motifs is 1. The first-order chi connectivity index (χ1) is 14.5. The van der Waals surface area contributed by atoms with Gasteiger partial charge in [-0.2, -0.15) is 0 Å². The fourth-order valence-electron chi connectivity index (χ4n) is 4.40. The lowest BCUT2D eigenvalue weighted by molar-refractivity contribution is -0.119. The Morgan fingerprint density at radius 2 is 1.94 bits per heavy atom. The van der Waals surface area contributed by atoms with Crippen LogP contribution in [-0.2, 0) is 14.9 Å². The maximum absolute atomic E-state index is 13.4. The van der Waals surface area contributed by atoms with Gasteiger partial charge in [-0.15, -0.1) is 0 Å². The van der Waals surface area contributed by atoms with E-state index < -0.39 is 5.41 Å². The Morgan fingerprint density at radius 3 is 2.48 bits per heavy atom. The molecule has 1 aliphatic heterocycles. The number of rotatable bonds is 5. The van der Waals surface area contributed by atoms with Crippen molar-refractivity contribution in [3.05, 3.63) is 65.6 Å². The van der Waals surface area contributed by atoms with Crippen LogP contribution in [0.3, 0.4) is 0 Å². The predicted octanol–water partition coefficient (Wildman–Crippen LogP) is 6.63. The summed E-state index contributed by atoms with van der Waals surface area (Å²) >= 11 is 0. The number of benzene rings is 1. The van der Waals surface area contributed by atoms with Crippen LogP contribution in [0.5, 0.6) is 0 Å². The van der Waals surface area contributed by atoms with Crippen LogP contribution >= 0.6 is 0 Å². The van der Waals surface area contributed by atoms with Crippen molar-refractivity contribution in [2.75, 3.05) is 11.9 Å². The Morgan fingerprint density at radius 1 is 1.23 bits per heavy atom. The highest BCUT2D eigenvalue weighted by Crippen LogP contribution is 2.54. The number of hydrogen-bond donors (Lipinski definition) is 2. The van der Waals surface area contributed by atoms with Crippen LogP contribution in [0.15, 0.2) is 59.9 Å². The van der Waals surface area contributed by atoms with Gasteiger partial charge < -0.3 is 15.0 Å². The lowest BCUT2D eigenvalue weighted by Gasteiger charge is -2.21. The number of nitrogens with one attached hydrogen (secondary N) is 2. The van der Waals surface area contributed by atoms with Crippen LogP contribution in [0, 0.1) is 10.8 Å². The normalized spacial score (nSPS) is 20.0. The van der Waals surface area contributed by atoms with Gasteiger partial charge in [0.15, 0.2) is 0 Å². The number of allylic oxidation sites excluding steroid dienone is 3. The minimum absolute atomic E-state index is 0.0413. The van der Waals surface area contributed by atoms with Gasteiger partial charge in [0.05, 0.1) is 17.8 Å². The van der Waals surface area contributed by atoms with E-state index in [4.69, 9.17) is 4.74 Å². The Bertz CT molecular complexity index is 1120. The van der Waals surface area contributed by atoms with Gasteiger partial charge >= 0.3 is 0 Å². The minimum Gasteiger partial charge on any atom is -0.497 e. The van der Waals surface area contributed by atoms with E-state index in [0.717, 1.165) is 46.3 Å². The second kappa shape index (κ2) is 7.15. The molecule has 0 unspecified atom stereocenters. The number of carbonyl (C=O) groups excluding carboxylic acids is 1. The number of anilines is 1. The van der Waals surface area contributed by atoms with Crippen molar-refractivity contribution in [3.63, 3.8) is 0 Å². The smallest absolute Gasteiger partial charge is 0.235 e. The van der Waals surface area contributed by atoms with Gasteiger partial charge in [0.25, 0.3) is 0 Å². The maximum Gasteiger partial charge on any atom is 0.235 e. The number of H-pyrrole nitrogens is 1. The SMILES string of the molecule is C=C/C(=C\C1=C(C)OCC1(C)C)C1(C(=O)Nc2ccc3[nH]c(C(C)(C)C)cc3c2)CC1. The second-order valence-electron chi connectivity index (χ2n) is 10.7. The van der Waals surface area contributed by atoms with Crippen LogP contribution in [0.1, 0.15) is 60.1 Å². The fourth-order valence-corrected chi connectivity index (χ4v) is 4.40. The third kappa shape index (κ3) is 3.84. The lowest BCUT2D eigenvalue weighted by Crippen LogP contribution is -2.26. The average Bonchev–Trinajstić information content (AvgIpc) is 3.30. The number of amides is 1. The molecule has 0 saturated heterocycles. The van der Waals surface area contributed by atoms with Gasteiger partial charge in [0, 0.05) is 33.1 Å². The van der Waals surface area contributed by atoms with E-state index >= 15 is 0 Å². The third-order valence-corrected chi connectivity index (χ3v) is 6.70. The van der Waals surface area contributed by atoms with Crippen molar-refractivity contribution in [1.29, 1.82) is 0 Å². The summed E-state index contributed by atoms with van der Waals surface area (Å²) < 4.78 is 5.78. The summed E-state index contributed by atoms with van der Waals surface area (Å²) in [5.74, 6) is 0.979. The quantitative estimate of drug-likeness (QED) is 0.536. The summed E-state index contributed by atoms with van der Waals surface area (Å²) in [4.78, 5) is 16.8. The van der Waals surface area contributed by atoms with Crippen LogP contribution < -0.4 is 5.32 Å². The van der Waals surface area contributed by atoms with Gasteiger partial charge in [0.2, 0.25) is 5.91 Å². The van der Waals surface area contributed by atoms with Crippen molar-refractivity contribution >= 4 is 22.5 Å². The van der Waals surface area contributed by atoms with Gasteiger partial charge in [-0.05, 0) is 55.2 Å². The zero-order valence-corrected chi connectivity index (χ0v) is 19.6. The van der Waals surface area contributed by atoms with Crippen molar-refractivity contribution in [2.45, 2.75) is 59.8 Å². The fraction of sp³-hybridized carbons (Fsp3) is 0.444. The molecular formula is C27H34N2O2. The predicted molar refractivity (Wildman–Crippen MR) is 128 cm³/mol. The molecule has 1 aliphatic carbocycles. The average molecular weight is 419 g/mol. The van der Waals surface area contributed by atoms with Crippen molar-refractivity contribution in [1.82, 2.24) is 4.98 Å². The second-order valence-corrected chi connectivity index (χ2v) is 10.7. The summed E-state index contributed by atoms with van der Waals surface area (Å²) in [6.07, 6.45) is 5.65. The summed E-state index contributed by atoms with van der Waals surface area (Å²) in [6, 6.07) is 8.23. The molecule has 1 saturated carbocycles. The van der Waals surface area contributed by atoms with Gasteiger partial charge in [-0.1, -0.05) is 53.3 Å². The van der Waals surface area contributed by atoms with Crippen molar-refractivity contribution in [3.8, 4) is 0 Å². The Labute approximate surface area is 185 Å². The van der Waals surface area contributed by atoms with Gasteiger partial charge in [-0.25, -0.2) is 0 Å². The number of aromatic nitrogens is 1. The molecule has 1 fully saturated rings. The first-order valence-electron chi connectivity index (χ1n) is 11.1. The van der Waals surface area contributed by atoms with E-state index in [2.05, 4.69) is 63.6 Å². The van der Waals surface area contributed by atoms with Gasteiger partial charge in [-0.3, -0.25) is 4.79 Å². The topological polar surface area (TPSA) is 54.1 Å². The summed E-state index contributed by atoms with van der Waals surface area (Å²) in [5, 5.41) is 4.28. The maximum atomic E-state index is 13.4. The molecule has 0 bridgehead atoms. The zero-order chi connectivity index (χ0) is 22.6. The van der Waals surface area contributed by atoms with Crippen molar-refractivity contribution in [2.24, 2.45) is 10.8 Å². The van der Waals surface area contributed by atoms with E-state index in [9.17, 15) is 4.79 Å². The molecule has 4 rings (SSSR count). The molecule has 2 aliphatic rings. The van der Waals surface area contributed by atoms with E-state index in [1.807, 2.05) is 31.2 Å². The van der Waals surface area contributed by atoms with Crippen LogP contribution in [0.25, 0.3) is 10.9 Å². The molecule has 4 nitrogen and oxygen atoms in total. The van der Waals surface area contributed by atoms with Crippen LogP contribution in [0.4, 0.5) is 5.69 Å². The highest BCUT2D eigenvalue weighted by Gasteiger charge is 2.52. The molecule has 4 heteroatoms. The number of ether oxygens (including phenoxy) is 1. The summed E-state index contributed by atoms with van der Waals surface area (Å²) in [6.45, 7) is 17.6. The Kier molecular flexibility index (Phi) is 4.95. The van der Waals surface area contributed by atoms with E-state index in [0.29, 0.717) is 6.61 Å². The first-order valence-corrected chi connectivity index (χ1v) is 11.1. The van der Waals surface area contributed by atoms with E-state index in [1.165, 1.54) is 5.69 Å². The lowest BCUT2D eigenvalue weighted by atomic mass is 9.82. The number of carbonyl (C=O) groups is 1. The molecule has 1 amide bonds. The Balaban J connectivity index is 1.60. The number of hydrogen-bond acceptors (Lipinski definition) is 2. The molecule has 1 aromatic heterocycles. The molecule has 2 aromatic rings. The van der Waals surface area contributed by atoms with E-state index in [1.54, 1.807) is 0 Å². The molecule has 0 radical (unpaired) electrons. The van der Waals surface area contributed by atoms with Crippen LogP contribution in [-0.4, -0.2) is 17.5 Å². The van der Waals surface area contributed by atoms with Crippen LogP contribution in [0.2, 0.25) is 0 Å². The highest BCUT2D eigenvalue weighted by molar-refractivity contribution is 6.01. The summed E-state index contributed by atoms with van der Waals surface area (Å²) in [5.41, 5.74) is 4.72. The molecule has 2 N–H and O–H groups in total. The molecule has 0 atom stereocenters. The Hall–Kier alpha value is -2.75.